The van der Waals surface area contributed by atoms with Crippen LogP contribution in [0.2, 0.25) is 0 Å². The molecule has 0 aromatic rings. The van der Waals surface area contributed by atoms with E-state index in [1.165, 1.54) is 32.2 Å². The summed E-state index contributed by atoms with van der Waals surface area (Å²) in [6.45, 7) is 4.15. The molecule has 0 N–H and O–H groups in total. The molecule has 2 fully saturated rings. The van der Waals surface area contributed by atoms with E-state index in [2.05, 4.69) is 17.5 Å². The average Bonchev–Trinajstić information content (AvgIpc) is 3.02. The van der Waals surface area contributed by atoms with E-state index < -0.39 is 0 Å². The molecule has 0 heterocycles. The monoisotopic (exact) mass is 215 g/mol. The zero-order valence-corrected chi connectivity index (χ0v) is 9.72. The van der Waals surface area contributed by atoms with Crippen molar-refractivity contribution in [2.75, 3.05) is 32.1 Å². The number of hydrogen-bond donors (Lipinski definition) is 1. The van der Waals surface area contributed by atoms with Gasteiger partial charge in [0.1, 0.15) is 0 Å². The lowest BCUT2D eigenvalue weighted by Crippen LogP contribution is -2.31. The van der Waals surface area contributed by atoms with Crippen molar-refractivity contribution in [1.82, 2.24) is 4.90 Å². The molecule has 82 valence electrons. The predicted octanol–water partition coefficient (Wildman–Crippen LogP) is 1.81. The quantitative estimate of drug-likeness (QED) is 0.490. The van der Waals surface area contributed by atoms with Crippen molar-refractivity contribution < 1.29 is 4.74 Å². The number of nitrogens with zero attached hydrogens (tertiary/aromatic N) is 1. The van der Waals surface area contributed by atoms with Crippen molar-refractivity contribution in [3.63, 3.8) is 0 Å². The van der Waals surface area contributed by atoms with Crippen LogP contribution < -0.4 is 0 Å². The van der Waals surface area contributed by atoms with Crippen LogP contribution in [-0.2, 0) is 4.74 Å². The minimum absolute atomic E-state index is 0.797. The molecular formula is C11H21NOS. The van der Waals surface area contributed by atoms with Crippen molar-refractivity contribution >= 4 is 12.6 Å². The van der Waals surface area contributed by atoms with Crippen molar-refractivity contribution in [3.05, 3.63) is 0 Å². The molecule has 0 atom stereocenters. The first-order valence-electron chi connectivity index (χ1n) is 5.83. The molecule has 2 aliphatic rings. The van der Waals surface area contributed by atoms with Gasteiger partial charge in [0.2, 0.25) is 0 Å². The minimum atomic E-state index is 0.797. The van der Waals surface area contributed by atoms with Gasteiger partial charge in [-0.2, -0.15) is 12.6 Å². The van der Waals surface area contributed by atoms with Crippen molar-refractivity contribution in [2.45, 2.75) is 31.7 Å². The molecule has 0 aromatic heterocycles. The maximum atomic E-state index is 5.48. The summed E-state index contributed by atoms with van der Waals surface area (Å²) in [6, 6.07) is 0.898. The molecule has 0 saturated heterocycles. The smallest absolute Gasteiger partial charge is 0.0593 e. The Kier molecular flexibility index (Phi) is 4.14. The van der Waals surface area contributed by atoms with E-state index in [1.807, 2.05) is 0 Å². The highest BCUT2D eigenvalue weighted by Gasteiger charge is 2.33. The molecule has 0 aliphatic heterocycles. The SMILES string of the molecule is SCCOCCN(CC1CC1)C1CC1. The molecule has 0 bridgehead atoms. The van der Waals surface area contributed by atoms with Crippen LogP contribution in [0.3, 0.4) is 0 Å². The van der Waals surface area contributed by atoms with E-state index in [0.29, 0.717) is 0 Å². The van der Waals surface area contributed by atoms with Gasteiger partial charge in [0.25, 0.3) is 0 Å². The fourth-order valence-corrected chi connectivity index (χ4v) is 1.97. The Hall–Kier alpha value is 0.270. The van der Waals surface area contributed by atoms with E-state index in [1.54, 1.807) is 0 Å². The van der Waals surface area contributed by atoms with Gasteiger partial charge in [0.05, 0.1) is 13.2 Å². The Balaban J connectivity index is 1.57. The largest absolute Gasteiger partial charge is 0.379 e. The molecule has 2 saturated carbocycles. The van der Waals surface area contributed by atoms with Crippen LogP contribution in [0.4, 0.5) is 0 Å². The second kappa shape index (κ2) is 5.38. The van der Waals surface area contributed by atoms with Crippen LogP contribution in [0, 0.1) is 5.92 Å². The number of hydrogen-bond acceptors (Lipinski definition) is 3. The van der Waals surface area contributed by atoms with Gasteiger partial charge in [-0.15, -0.1) is 0 Å². The first kappa shape index (κ1) is 10.8. The number of thiol groups is 1. The van der Waals surface area contributed by atoms with Crippen LogP contribution in [0.1, 0.15) is 25.7 Å². The summed E-state index contributed by atoms with van der Waals surface area (Å²) in [6.07, 6.45) is 5.75. The summed E-state index contributed by atoms with van der Waals surface area (Å²) < 4.78 is 5.48. The van der Waals surface area contributed by atoms with Crippen LogP contribution in [0.25, 0.3) is 0 Å². The Bertz CT molecular complexity index is 169. The van der Waals surface area contributed by atoms with Crippen molar-refractivity contribution in [2.24, 2.45) is 5.92 Å². The van der Waals surface area contributed by atoms with Gasteiger partial charge in [-0.25, -0.2) is 0 Å². The number of ether oxygens (including phenoxy) is 1. The molecule has 2 nitrogen and oxygen atoms in total. The van der Waals surface area contributed by atoms with Crippen LogP contribution in [-0.4, -0.2) is 43.0 Å². The van der Waals surface area contributed by atoms with E-state index in [9.17, 15) is 0 Å². The van der Waals surface area contributed by atoms with Gasteiger partial charge >= 0.3 is 0 Å². The Morgan fingerprint density at radius 2 is 1.93 bits per heavy atom. The first-order valence-corrected chi connectivity index (χ1v) is 6.46. The Morgan fingerprint density at radius 1 is 1.14 bits per heavy atom. The zero-order valence-electron chi connectivity index (χ0n) is 8.82. The second-order valence-electron chi connectivity index (χ2n) is 4.51. The van der Waals surface area contributed by atoms with Crippen molar-refractivity contribution in [1.29, 1.82) is 0 Å². The molecule has 3 heteroatoms. The van der Waals surface area contributed by atoms with Gasteiger partial charge in [0.15, 0.2) is 0 Å². The van der Waals surface area contributed by atoms with Crippen LogP contribution in [0.5, 0.6) is 0 Å². The lowest BCUT2D eigenvalue weighted by Gasteiger charge is -2.21. The maximum Gasteiger partial charge on any atom is 0.0593 e. The zero-order chi connectivity index (χ0) is 9.80. The summed E-state index contributed by atoms with van der Waals surface area (Å²) in [7, 11) is 0. The maximum absolute atomic E-state index is 5.48. The normalized spacial score (nSPS) is 21.9. The van der Waals surface area contributed by atoms with E-state index in [4.69, 9.17) is 4.74 Å². The Morgan fingerprint density at radius 3 is 2.50 bits per heavy atom. The standard InChI is InChI=1S/C11H21NOS/c14-8-7-13-6-5-12(11-3-4-11)9-10-1-2-10/h10-11,14H,1-9H2. The third kappa shape index (κ3) is 3.79. The predicted molar refractivity (Wildman–Crippen MR) is 62.0 cm³/mol. The summed E-state index contributed by atoms with van der Waals surface area (Å²) in [5.41, 5.74) is 0. The van der Waals surface area contributed by atoms with E-state index in [-0.39, 0.29) is 0 Å². The van der Waals surface area contributed by atoms with Gasteiger partial charge < -0.3 is 4.74 Å². The van der Waals surface area contributed by atoms with Gasteiger partial charge in [-0.3, -0.25) is 4.90 Å². The number of rotatable bonds is 8. The minimum Gasteiger partial charge on any atom is -0.379 e. The summed E-state index contributed by atoms with van der Waals surface area (Å²) in [5.74, 6) is 1.85. The molecule has 0 radical (unpaired) electrons. The highest BCUT2D eigenvalue weighted by Crippen LogP contribution is 2.34. The molecule has 0 spiro atoms. The van der Waals surface area contributed by atoms with Crippen LogP contribution >= 0.6 is 12.6 Å². The van der Waals surface area contributed by atoms with Gasteiger partial charge in [-0.05, 0) is 31.6 Å². The highest BCUT2D eigenvalue weighted by molar-refractivity contribution is 7.80. The fraction of sp³-hybridized carbons (Fsp3) is 1.00. The molecule has 2 rings (SSSR count). The van der Waals surface area contributed by atoms with Gasteiger partial charge in [-0.1, -0.05) is 0 Å². The second-order valence-corrected chi connectivity index (χ2v) is 4.95. The van der Waals surface area contributed by atoms with Gasteiger partial charge in [0, 0.05) is 24.9 Å². The topological polar surface area (TPSA) is 12.5 Å². The molecule has 14 heavy (non-hydrogen) atoms. The average molecular weight is 215 g/mol. The summed E-state index contributed by atoms with van der Waals surface area (Å²) in [4.78, 5) is 2.64. The fourth-order valence-electron chi connectivity index (χ4n) is 1.84. The first-order chi connectivity index (χ1) is 6.90. The molecule has 2 aliphatic carbocycles. The van der Waals surface area contributed by atoms with Crippen LogP contribution in [0.15, 0.2) is 0 Å². The molecular weight excluding hydrogens is 194 g/mol. The molecule has 0 aromatic carbocycles. The van der Waals surface area contributed by atoms with E-state index >= 15 is 0 Å². The van der Waals surface area contributed by atoms with E-state index in [0.717, 1.165) is 37.5 Å². The molecule has 0 amide bonds. The summed E-state index contributed by atoms with van der Waals surface area (Å²) in [5, 5.41) is 0. The summed E-state index contributed by atoms with van der Waals surface area (Å²) >= 11 is 4.13. The third-order valence-electron chi connectivity index (χ3n) is 3.01. The lowest BCUT2D eigenvalue weighted by atomic mass is 10.3. The third-order valence-corrected chi connectivity index (χ3v) is 3.19. The highest BCUT2D eigenvalue weighted by atomic mass is 32.1. The lowest BCUT2D eigenvalue weighted by molar-refractivity contribution is 0.110. The Labute approximate surface area is 92.4 Å². The molecule has 0 unspecified atom stereocenters. The van der Waals surface area contributed by atoms with Crippen molar-refractivity contribution in [3.8, 4) is 0 Å².